The van der Waals surface area contributed by atoms with Crippen LogP contribution in [0.3, 0.4) is 0 Å². The van der Waals surface area contributed by atoms with Crippen molar-refractivity contribution in [3.63, 3.8) is 0 Å². The van der Waals surface area contributed by atoms with Crippen molar-refractivity contribution in [2.45, 2.75) is 37.6 Å². The fourth-order valence-electron chi connectivity index (χ4n) is 2.27. The quantitative estimate of drug-likeness (QED) is 0.768. The van der Waals surface area contributed by atoms with Crippen LogP contribution in [0.15, 0.2) is 0 Å². The van der Waals surface area contributed by atoms with Crippen molar-refractivity contribution >= 4 is 6.09 Å². The Morgan fingerprint density at radius 3 is 2.93 bits per heavy atom. The van der Waals surface area contributed by atoms with E-state index in [4.69, 9.17) is 10.5 Å². The molecule has 15 heavy (non-hydrogen) atoms. The number of hydrogen-bond donors (Lipinski definition) is 1. The number of amides is 1. The second-order valence-electron chi connectivity index (χ2n) is 4.97. The van der Waals surface area contributed by atoms with E-state index in [9.17, 15) is 4.79 Å². The minimum absolute atomic E-state index is 0.151. The highest BCUT2D eigenvalue weighted by atomic mass is 16.5. The lowest BCUT2D eigenvalue weighted by Crippen LogP contribution is -2.29. The molecule has 1 saturated carbocycles. The van der Waals surface area contributed by atoms with E-state index < -0.39 is 0 Å². The Hall–Kier alpha value is -0.770. The first-order valence-electron chi connectivity index (χ1n) is 5.75. The van der Waals surface area contributed by atoms with Crippen LogP contribution in [0.1, 0.15) is 32.1 Å². The number of likely N-dealkylation sites (tertiary alicyclic amines) is 1. The predicted molar refractivity (Wildman–Crippen MR) is 57.5 cm³/mol. The van der Waals surface area contributed by atoms with E-state index in [0.717, 1.165) is 32.4 Å². The van der Waals surface area contributed by atoms with Gasteiger partial charge >= 0.3 is 6.09 Å². The third-order valence-electron chi connectivity index (χ3n) is 3.66. The van der Waals surface area contributed by atoms with Gasteiger partial charge in [-0.1, -0.05) is 0 Å². The van der Waals surface area contributed by atoms with E-state index in [2.05, 4.69) is 0 Å². The Kier molecular flexibility index (Phi) is 2.87. The lowest BCUT2D eigenvalue weighted by atomic mass is 9.98. The monoisotopic (exact) mass is 212 g/mol. The molecule has 2 rings (SSSR count). The summed E-state index contributed by atoms with van der Waals surface area (Å²) < 4.78 is 4.70. The van der Waals surface area contributed by atoms with Crippen LogP contribution in [0.25, 0.3) is 0 Å². The molecule has 1 aliphatic heterocycles. The van der Waals surface area contributed by atoms with Gasteiger partial charge in [-0.2, -0.15) is 0 Å². The summed E-state index contributed by atoms with van der Waals surface area (Å²) in [6.07, 6.45) is 5.55. The van der Waals surface area contributed by atoms with Crippen LogP contribution in [0.2, 0.25) is 0 Å². The summed E-state index contributed by atoms with van der Waals surface area (Å²) in [5.74, 6) is 0.630. The molecule has 0 bridgehead atoms. The fraction of sp³-hybridized carbons (Fsp3) is 0.909. The van der Waals surface area contributed by atoms with Crippen molar-refractivity contribution in [2.24, 2.45) is 11.7 Å². The van der Waals surface area contributed by atoms with Gasteiger partial charge in [0.05, 0.1) is 7.11 Å². The number of nitrogens with two attached hydrogens (primary N) is 1. The SMILES string of the molecule is COC(=O)N1CCC(CCC2(N)CC2)C1. The number of carbonyl (C=O) groups is 1. The molecular formula is C11H20N2O2. The van der Waals surface area contributed by atoms with E-state index in [1.807, 2.05) is 0 Å². The zero-order valence-electron chi connectivity index (χ0n) is 9.37. The second kappa shape index (κ2) is 4.00. The molecule has 0 aromatic heterocycles. The average Bonchev–Trinajstić information content (AvgIpc) is 2.81. The van der Waals surface area contributed by atoms with Crippen molar-refractivity contribution in [3.05, 3.63) is 0 Å². The van der Waals surface area contributed by atoms with Crippen LogP contribution >= 0.6 is 0 Å². The molecule has 1 heterocycles. The highest BCUT2D eigenvalue weighted by Crippen LogP contribution is 2.38. The molecule has 1 aliphatic carbocycles. The standard InChI is InChI=1S/C11H20N2O2/c1-15-10(14)13-7-3-9(8-13)2-4-11(12)5-6-11/h9H,2-8,12H2,1H3. The first-order valence-corrected chi connectivity index (χ1v) is 5.75. The van der Waals surface area contributed by atoms with Gasteiger partial charge in [-0.25, -0.2) is 4.79 Å². The third kappa shape index (κ3) is 2.62. The van der Waals surface area contributed by atoms with Gasteiger partial charge in [0.1, 0.15) is 0 Å². The maximum Gasteiger partial charge on any atom is 0.409 e. The van der Waals surface area contributed by atoms with Crippen LogP contribution in [0.4, 0.5) is 4.79 Å². The first-order chi connectivity index (χ1) is 7.13. The van der Waals surface area contributed by atoms with Crippen LogP contribution in [0.5, 0.6) is 0 Å². The van der Waals surface area contributed by atoms with Gasteiger partial charge in [0.25, 0.3) is 0 Å². The van der Waals surface area contributed by atoms with Crippen LogP contribution in [-0.4, -0.2) is 36.7 Å². The lowest BCUT2D eigenvalue weighted by molar-refractivity contribution is 0.131. The van der Waals surface area contributed by atoms with Gasteiger partial charge in [0.15, 0.2) is 0 Å². The van der Waals surface area contributed by atoms with Gasteiger partial charge < -0.3 is 15.4 Å². The van der Waals surface area contributed by atoms with Crippen molar-refractivity contribution in [1.82, 2.24) is 4.90 Å². The van der Waals surface area contributed by atoms with Crippen LogP contribution in [0, 0.1) is 5.92 Å². The van der Waals surface area contributed by atoms with Gasteiger partial charge in [-0.05, 0) is 38.0 Å². The molecule has 1 saturated heterocycles. The Morgan fingerprint density at radius 2 is 2.33 bits per heavy atom. The zero-order valence-corrected chi connectivity index (χ0v) is 9.37. The summed E-state index contributed by atoms with van der Waals surface area (Å²) in [7, 11) is 1.44. The van der Waals surface area contributed by atoms with Gasteiger partial charge in [0.2, 0.25) is 0 Å². The molecule has 1 atom stereocenters. The summed E-state index contributed by atoms with van der Waals surface area (Å²) in [5.41, 5.74) is 6.19. The normalized spacial score (nSPS) is 27.9. The minimum Gasteiger partial charge on any atom is -0.453 e. The third-order valence-corrected chi connectivity index (χ3v) is 3.66. The summed E-state index contributed by atoms with van der Waals surface area (Å²) in [6.45, 7) is 1.69. The van der Waals surface area contributed by atoms with Gasteiger partial charge in [0, 0.05) is 18.6 Å². The molecule has 4 nitrogen and oxygen atoms in total. The van der Waals surface area contributed by atoms with E-state index in [1.165, 1.54) is 20.0 Å². The largest absolute Gasteiger partial charge is 0.453 e. The van der Waals surface area contributed by atoms with Crippen molar-refractivity contribution in [1.29, 1.82) is 0 Å². The Morgan fingerprint density at radius 1 is 1.60 bits per heavy atom. The van der Waals surface area contributed by atoms with Crippen molar-refractivity contribution in [2.75, 3.05) is 20.2 Å². The summed E-state index contributed by atoms with van der Waals surface area (Å²) in [5, 5.41) is 0. The van der Waals surface area contributed by atoms with Crippen molar-refractivity contribution < 1.29 is 9.53 Å². The number of ether oxygens (including phenoxy) is 1. The minimum atomic E-state index is -0.189. The van der Waals surface area contributed by atoms with E-state index >= 15 is 0 Å². The summed E-state index contributed by atoms with van der Waals surface area (Å²) in [6, 6.07) is 0. The maximum atomic E-state index is 11.3. The number of nitrogens with zero attached hydrogens (tertiary/aromatic N) is 1. The van der Waals surface area contributed by atoms with E-state index in [-0.39, 0.29) is 11.6 Å². The maximum absolute atomic E-state index is 11.3. The summed E-state index contributed by atoms with van der Waals surface area (Å²) in [4.78, 5) is 13.0. The highest BCUT2D eigenvalue weighted by Gasteiger charge is 2.38. The van der Waals surface area contributed by atoms with Crippen LogP contribution in [-0.2, 0) is 4.74 Å². The lowest BCUT2D eigenvalue weighted by Gasteiger charge is -2.15. The number of hydrogen-bond acceptors (Lipinski definition) is 3. The molecule has 2 aliphatic rings. The second-order valence-corrected chi connectivity index (χ2v) is 4.97. The first kappa shape index (κ1) is 10.7. The number of rotatable bonds is 3. The smallest absolute Gasteiger partial charge is 0.409 e. The molecule has 86 valence electrons. The molecule has 2 N–H and O–H groups in total. The van der Waals surface area contributed by atoms with E-state index in [0.29, 0.717) is 5.92 Å². The van der Waals surface area contributed by atoms with E-state index in [1.54, 1.807) is 4.90 Å². The fourth-order valence-corrected chi connectivity index (χ4v) is 2.27. The Balaban J connectivity index is 1.70. The molecule has 0 radical (unpaired) electrons. The average molecular weight is 212 g/mol. The molecule has 0 aromatic carbocycles. The predicted octanol–water partition coefficient (Wildman–Crippen LogP) is 1.35. The Labute approximate surface area is 90.8 Å². The zero-order chi connectivity index (χ0) is 10.9. The molecular weight excluding hydrogens is 192 g/mol. The molecule has 1 unspecified atom stereocenters. The highest BCUT2D eigenvalue weighted by molar-refractivity contribution is 5.67. The molecule has 1 amide bonds. The molecule has 2 fully saturated rings. The van der Waals surface area contributed by atoms with Gasteiger partial charge in [-0.3, -0.25) is 0 Å². The molecule has 0 spiro atoms. The number of methoxy groups -OCH3 is 1. The Bertz CT molecular complexity index is 251. The molecule has 0 aromatic rings. The van der Waals surface area contributed by atoms with Gasteiger partial charge in [-0.15, -0.1) is 0 Å². The topological polar surface area (TPSA) is 55.6 Å². The summed E-state index contributed by atoms with van der Waals surface area (Å²) >= 11 is 0. The number of carbonyl (C=O) groups excluding carboxylic acids is 1. The molecule has 4 heteroatoms. The van der Waals surface area contributed by atoms with Crippen molar-refractivity contribution in [3.8, 4) is 0 Å². The van der Waals surface area contributed by atoms with Crippen LogP contribution < -0.4 is 5.73 Å².